The normalized spacial score (nSPS) is 22.9. The highest BCUT2D eigenvalue weighted by molar-refractivity contribution is 6.10. The summed E-state index contributed by atoms with van der Waals surface area (Å²) >= 11 is 0. The third-order valence-electron chi connectivity index (χ3n) is 11.1. The van der Waals surface area contributed by atoms with Crippen molar-refractivity contribution in [3.05, 3.63) is 76.4 Å². The Morgan fingerprint density at radius 3 is 2.45 bits per heavy atom. The maximum atomic E-state index is 14.7. The highest BCUT2D eigenvalue weighted by Gasteiger charge is 2.47. The van der Waals surface area contributed by atoms with Crippen molar-refractivity contribution in [2.45, 2.75) is 90.1 Å². The van der Waals surface area contributed by atoms with Crippen molar-refractivity contribution in [3.8, 4) is 0 Å². The van der Waals surface area contributed by atoms with E-state index in [2.05, 4.69) is 15.1 Å². The summed E-state index contributed by atoms with van der Waals surface area (Å²) in [6, 6.07) is 10.2. The van der Waals surface area contributed by atoms with Gasteiger partial charge in [-0.25, -0.2) is 4.79 Å². The van der Waals surface area contributed by atoms with Crippen LogP contribution in [-0.4, -0.2) is 68.3 Å². The maximum absolute atomic E-state index is 14.7. The van der Waals surface area contributed by atoms with E-state index in [1.165, 1.54) is 11.0 Å². The van der Waals surface area contributed by atoms with Crippen LogP contribution in [0.3, 0.4) is 0 Å². The molecule has 0 N–H and O–H groups in total. The van der Waals surface area contributed by atoms with Crippen LogP contribution >= 0.6 is 0 Å². The van der Waals surface area contributed by atoms with E-state index < -0.39 is 23.2 Å². The Morgan fingerprint density at radius 2 is 1.80 bits per heavy atom. The first-order valence-corrected chi connectivity index (χ1v) is 17.3. The van der Waals surface area contributed by atoms with E-state index in [-0.39, 0.29) is 41.1 Å². The molecule has 1 aromatic heterocycles. The lowest BCUT2D eigenvalue weighted by Gasteiger charge is -2.33. The first-order chi connectivity index (χ1) is 23.1. The molecule has 262 valence electrons. The number of hydrogen-bond acceptors (Lipinski definition) is 6. The second kappa shape index (κ2) is 12.1. The Hall–Kier alpha value is -3.93. The predicted molar refractivity (Wildman–Crippen MR) is 178 cm³/mol. The largest absolute Gasteiger partial charge is 0.444 e. The third-order valence-corrected chi connectivity index (χ3v) is 11.1. The molecule has 2 amide bonds. The van der Waals surface area contributed by atoms with Crippen LogP contribution in [0.5, 0.6) is 0 Å². The average molecular weight is 679 g/mol. The smallest absolute Gasteiger partial charge is 0.416 e. The SMILES string of the molecule is CC(c1cc2c(c(C(F)(F)F)c1)CN(c1cccc([C@H](c3nncn3C)C3CCC3)c1)C2=O)N1CC[C@]2(CCN(C(=O)OC(C)(C)C)C2)C1. The molecule has 4 aliphatic rings. The molecule has 2 saturated heterocycles. The molecule has 3 aromatic rings. The number of halogens is 3. The molecule has 12 heteroatoms. The van der Waals surface area contributed by atoms with Gasteiger partial charge in [-0.15, -0.1) is 10.2 Å². The number of aryl methyl sites for hydroxylation is 1. The zero-order valence-electron chi connectivity index (χ0n) is 28.9. The Bertz CT molecular complexity index is 1760. The topological polar surface area (TPSA) is 83.8 Å². The number of benzene rings is 2. The van der Waals surface area contributed by atoms with Crippen LogP contribution in [0.4, 0.5) is 23.7 Å². The fourth-order valence-electron chi connectivity index (χ4n) is 8.26. The number of carbonyl (C=O) groups excluding carboxylic acids is 2. The summed E-state index contributed by atoms with van der Waals surface area (Å²) in [5.41, 5.74) is 0.684. The van der Waals surface area contributed by atoms with E-state index in [0.717, 1.165) is 43.5 Å². The lowest BCUT2D eigenvalue weighted by atomic mass is 9.72. The highest BCUT2D eigenvalue weighted by Crippen LogP contribution is 2.46. The van der Waals surface area contributed by atoms with Gasteiger partial charge in [0.1, 0.15) is 17.8 Å². The predicted octanol–water partition coefficient (Wildman–Crippen LogP) is 7.32. The number of likely N-dealkylation sites (tertiary alicyclic amines) is 2. The van der Waals surface area contributed by atoms with E-state index in [4.69, 9.17) is 4.74 Å². The van der Waals surface area contributed by atoms with E-state index in [1.807, 2.05) is 57.5 Å². The van der Waals surface area contributed by atoms with E-state index in [0.29, 0.717) is 43.3 Å². The Kier molecular flexibility index (Phi) is 8.31. The monoisotopic (exact) mass is 678 g/mol. The number of ether oxygens (including phenoxy) is 1. The van der Waals surface area contributed by atoms with Crippen LogP contribution in [0.15, 0.2) is 42.7 Å². The van der Waals surface area contributed by atoms with Crippen molar-refractivity contribution in [1.82, 2.24) is 24.6 Å². The van der Waals surface area contributed by atoms with Crippen LogP contribution in [0.1, 0.15) is 110 Å². The molecule has 49 heavy (non-hydrogen) atoms. The van der Waals surface area contributed by atoms with Gasteiger partial charge in [-0.1, -0.05) is 18.6 Å². The molecule has 0 radical (unpaired) electrons. The number of carbonyl (C=O) groups is 2. The molecule has 7 rings (SSSR count). The van der Waals surface area contributed by atoms with Crippen molar-refractivity contribution in [2.24, 2.45) is 18.4 Å². The van der Waals surface area contributed by atoms with Crippen molar-refractivity contribution in [3.63, 3.8) is 0 Å². The molecular formula is C37H45F3N6O3. The fourth-order valence-corrected chi connectivity index (χ4v) is 8.26. The number of aromatic nitrogens is 3. The standard InChI is InChI=1S/C37H45F3N6O3/c1-23(44-14-12-36(20-44)13-15-45(21-36)34(48)49-35(2,3)4)26-17-28-29(30(18-26)37(38,39)40)19-46(33(28)47)27-11-7-10-25(16-27)31(24-8-6-9-24)32-42-41-22-43(32)5/h7,10-11,16-18,22-24,31H,6,8-9,12-15,19-21H2,1-5H3/t23?,31-,36+/m1/s1. The van der Waals surface area contributed by atoms with Gasteiger partial charge in [0, 0.05) is 55.3 Å². The minimum Gasteiger partial charge on any atom is -0.444 e. The van der Waals surface area contributed by atoms with Gasteiger partial charge in [0.05, 0.1) is 12.1 Å². The van der Waals surface area contributed by atoms with Gasteiger partial charge in [0.2, 0.25) is 0 Å². The first kappa shape index (κ1) is 33.6. The molecule has 1 saturated carbocycles. The average Bonchev–Trinajstić information content (AvgIpc) is 3.80. The van der Waals surface area contributed by atoms with Crippen LogP contribution in [0.25, 0.3) is 0 Å². The number of anilines is 1. The molecule has 0 bridgehead atoms. The molecule has 3 atom stereocenters. The molecular weight excluding hydrogens is 633 g/mol. The van der Waals surface area contributed by atoms with E-state index >= 15 is 0 Å². The van der Waals surface area contributed by atoms with E-state index in [1.54, 1.807) is 23.4 Å². The molecule has 3 fully saturated rings. The maximum Gasteiger partial charge on any atom is 0.416 e. The highest BCUT2D eigenvalue weighted by atomic mass is 19.4. The second-order valence-corrected chi connectivity index (χ2v) is 15.6. The number of hydrogen-bond donors (Lipinski definition) is 0. The number of fused-ring (bicyclic) bond motifs is 1. The molecule has 3 aliphatic heterocycles. The number of amides is 2. The van der Waals surface area contributed by atoms with Crippen molar-refractivity contribution >= 4 is 17.7 Å². The van der Waals surface area contributed by atoms with Crippen LogP contribution in [-0.2, 0) is 24.5 Å². The van der Waals surface area contributed by atoms with Gasteiger partial charge < -0.3 is 19.1 Å². The summed E-state index contributed by atoms with van der Waals surface area (Å²) in [5, 5.41) is 8.49. The minimum atomic E-state index is -4.62. The van der Waals surface area contributed by atoms with Crippen LogP contribution in [0.2, 0.25) is 0 Å². The summed E-state index contributed by atoms with van der Waals surface area (Å²) in [4.78, 5) is 32.2. The van der Waals surface area contributed by atoms with Gasteiger partial charge >= 0.3 is 12.3 Å². The number of rotatable bonds is 6. The quantitative estimate of drug-likeness (QED) is 0.272. The van der Waals surface area contributed by atoms with Gasteiger partial charge in [-0.2, -0.15) is 13.2 Å². The number of nitrogens with zero attached hydrogens (tertiary/aromatic N) is 6. The Balaban J connectivity index is 1.13. The summed E-state index contributed by atoms with van der Waals surface area (Å²) in [7, 11) is 1.91. The molecule has 1 spiro atoms. The fraction of sp³-hybridized carbons (Fsp3) is 0.568. The lowest BCUT2D eigenvalue weighted by molar-refractivity contribution is -0.138. The molecule has 4 heterocycles. The number of alkyl halides is 3. The molecule has 1 aliphatic carbocycles. The second-order valence-electron chi connectivity index (χ2n) is 15.6. The zero-order valence-corrected chi connectivity index (χ0v) is 28.9. The van der Waals surface area contributed by atoms with Crippen molar-refractivity contribution < 1.29 is 27.5 Å². The van der Waals surface area contributed by atoms with E-state index in [9.17, 15) is 22.8 Å². The summed E-state index contributed by atoms with van der Waals surface area (Å²) in [6.45, 7) is 9.81. The molecule has 2 aromatic carbocycles. The van der Waals surface area contributed by atoms with Gasteiger partial charge in [0.25, 0.3) is 5.91 Å². The van der Waals surface area contributed by atoms with Gasteiger partial charge in [0.15, 0.2) is 0 Å². The molecule has 1 unspecified atom stereocenters. The Morgan fingerprint density at radius 1 is 1.04 bits per heavy atom. The summed E-state index contributed by atoms with van der Waals surface area (Å²) < 4.78 is 51.6. The van der Waals surface area contributed by atoms with Gasteiger partial charge in [-0.3, -0.25) is 9.69 Å². The summed E-state index contributed by atoms with van der Waals surface area (Å²) in [6.07, 6.45) is 1.65. The minimum absolute atomic E-state index is 0.0145. The molecule has 9 nitrogen and oxygen atoms in total. The Labute approximate surface area is 285 Å². The zero-order chi connectivity index (χ0) is 34.9. The van der Waals surface area contributed by atoms with Crippen molar-refractivity contribution in [1.29, 1.82) is 0 Å². The third kappa shape index (κ3) is 6.32. The lowest BCUT2D eigenvalue weighted by Crippen LogP contribution is -2.38. The first-order valence-electron chi connectivity index (χ1n) is 17.3. The van der Waals surface area contributed by atoms with Gasteiger partial charge in [-0.05, 0) is 107 Å². The summed E-state index contributed by atoms with van der Waals surface area (Å²) in [5.74, 6) is 0.793. The van der Waals surface area contributed by atoms with Crippen LogP contribution in [0, 0.1) is 11.3 Å². The van der Waals surface area contributed by atoms with Crippen LogP contribution < -0.4 is 4.90 Å². The van der Waals surface area contributed by atoms with Crippen molar-refractivity contribution in [2.75, 3.05) is 31.1 Å².